The van der Waals surface area contributed by atoms with E-state index in [9.17, 15) is 0 Å². The van der Waals surface area contributed by atoms with Crippen LogP contribution < -0.4 is 18.9 Å². The Kier molecular flexibility index (Phi) is 15.1. The molecule has 0 aromatic heterocycles. The van der Waals surface area contributed by atoms with Gasteiger partial charge in [-0.25, -0.2) is 0 Å². The summed E-state index contributed by atoms with van der Waals surface area (Å²) in [5.41, 5.74) is 9.58. The topological polar surface area (TPSA) is 36.9 Å². The molecule has 6 aromatic rings. The molecule has 0 unspecified atom stereocenters. The molecule has 0 heterocycles. The molecule has 6 rings (SSSR count). The molecule has 0 N–H and O–H groups in total. The Morgan fingerprint density at radius 3 is 0.806 bits per heavy atom. The zero-order valence-electron chi connectivity index (χ0n) is 49.0. The maximum Gasteiger partial charge on any atom is 0.213 e. The zero-order chi connectivity index (χ0) is 53.9. The minimum absolute atomic E-state index is 0.0632. The van der Waals surface area contributed by atoms with E-state index in [0.717, 1.165) is 56.4 Å². The van der Waals surface area contributed by atoms with E-state index in [0.29, 0.717) is 23.0 Å². The van der Waals surface area contributed by atoms with Gasteiger partial charge in [-0.2, -0.15) is 0 Å². The molecule has 0 saturated carbocycles. The smallest absolute Gasteiger partial charge is 0.213 e. The van der Waals surface area contributed by atoms with Crippen molar-refractivity contribution < 1.29 is 18.9 Å². The lowest BCUT2D eigenvalue weighted by molar-refractivity contribution is 0.367. The first-order valence-electron chi connectivity index (χ1n) is 26.3. The van der Waals surface area contributed by atoms with Crippen LogP contribution in [0.1, 0.15) is 211 Å². The van der Waals surface area contributed by atoms with Gasteiger partial charge in [-0.05, 0) is 95.4 Å². The van der Waals surface area contributed by atoms with E-state index in [2.05, 4.69) is 263 Å². The van der Waals surface area contributed by atoms with Gasteiger partial charge in [-0.1, -0.05) is 245 Å². The molecular weight excluding hydrogens is 881 g/mol. The van der Waals surface area contributed by atoms with Crippen LogP contribution in [0.2, 0.25) is 0 Å². The van der Waals surface area contributed by atoms with Gasteiger partial charge in [0.05, 0.1) is 5.56 Å². The molecule has 0 spiro atoms. The Balaban J connectivity index is 1.84. The van der Waals surface area contributed by atoms with Gasteiger partial charge >= 0.3 is 0 Å². The quantitative estimate of drug-likeness (QED) is 0.145. The molecule has 6 aromatic carbocycles. The molecular formula is C68H90O4. The van der Waals surface area contributed by atoms with Crippen molar-refractivity contribution in [3.63, 3.8) is 0 Å². The third-order valence-electron chi connectivity index (χ3n) is 13.7. The Labute approximate surface area is 437 Å². The van der Waals surface area contributed by atoms with Crippen LogP contribution in [0.4, 0.5) is 0 Å². The average Bonchev–Trinajstić information content (AvgIpc) is 3.22. The highest BCUT2D eigenvalue weighted by atomic mass is 16.5. The molecule has 386 valence electrons. The zero-order valence-corrected chi connectivity index (χ0v) is 49.0. The monoisotopic (exact) mass is 971 g/mol. The third kappa shape index (κ3) is 12.8. The van der Waals surface area contributed by atoms with Crippen molar-refractivity contribution in [2.75, 3.05) is 0 Å². The second-order valence-corrected chi connectivity index (χ2v) is 28.5. The summed E-state index contributed by atoms with van der Waals surface area (Å²) in [4.78, 5) is 0. The van der Waals surface area contributed by atoms with E-state index in [4.69, 9.17) is 18.9 Å². The summed E-state index contributed by atoms with van der Waals surface area (Å²) >= 11 is 0. The normalized spacial score (nSPS) is 13.3. The predicted molar refractivity (Wildman–Crippen MR) is 308 cm³/mol. The highest BCUT2D eigenvalue weighted by Gasteiger charge is 2.34. The molecule has 0 bridgehead atoms. The first kappa shape index (κ1) is 55.8. The van der Waals surface area contributed by atoms with E-state index in [1.165, 1.54) is 22.3 Å². The Hall–Kier alpha value is -5.48. The van der Waals surface area contributed by atoms with Gasteiger partial charge in [0.2, 0.25) is 5.75 Å². The molecule has 0 saturated heterocycles. The van der Waals surface area contributed by atoms with Gasteiger partial charge < -0.3 is 18.9 Å². The Bertz CT molecular complexity index is 2890. The maximum atomic E-state index is 7.69. The van der Waals surface area contributed by atoms with Crippen LogP contribution in [0.15, 0.2) is 109 Å². The summed E-state index contributed by atoms with van der Waals surface area (Å²) in [6.45, 7) is 54.1. The summed E-state index contributed by atoms with van der Waals surface area (Å²) in [7, 11) is 0. The fraction of sp³-hybridized carbons (Fsp3) is 0.471. The number of benzene rings is 6. The standard InChI is InChI=1S/C68H90O4/c1-61(2,3)44-30-34-52(48(38-44)65(13,14)15)69-56-42-57(70-53-35-31-45(62(4,5)6)39-49(53)66(16,17)18)59(71-54-36-32-46(63(7,8)9)40-50(54)67(19,20)21)60(58(56)43-28-26-25-27-29-43)72-55-37-33-47(64(10,11)12)41-51(55)68(22,23)24/h25-42H,1-24H3. The lowest BCUT2D eigenvalue weighted by Crippen LogP contribution is -2.18. The van der Waals surface area contributed by atoms with Crippen LogP contribution in [-0.2, 0) is 43.3 Å². The summed E-state index contributed by atoms with van der Waals surface area (Å²) in [6.07, 6.45) is 0. The van der Waals surface area contributed by atoms with Gasteiger partial charge in [-0.3, -0.25) is 0 Å². The van der Waals surface area contributed by atoms with E-state index in [1.54, 1.807) is 0 Å². The second kappa shape index (κ2) is 19.4. The fourth-order valence-corrected chi connectivity index (χ4v) is 8.97. The molecule has 4 heteroatoms. The Morgan fingerprint density at radius 2 is 0.514 bits per heavy atom. The van der Waals surface area contributed by atoms with Crippen LogP contribution in [0.25, 0.3) is 11.1 Å². The lowest BCUT2D eigenvalue weighted by Gasteiger charge is -2.31. The summed E-state index contributed by atoms with van der Waals surface area (Å²) in [5.74, 6) is 4.96. The number of hydrogen-bond acceptors (Lipinski definition) is 4. The summed E-state index contributed by atoms with van der Waals surface area (Å²) < 4.78 is 30.3. The van der Waals surface area contributed by atoms with E-state index < -0.39 is 0 Å². The van der Waals surface area contributed by atoms with Gasteiger partial charge in [0.15, 0.2) is 11.5 Å². The molecule has 0 aliphatic heterocycles. The van der Waals surface area contributed by atoms with Gasteiger partial charge in [0.1, 0.15) is 28.7 Å². The molecule has 4 nitrogen and oxygen atoms in total. The second-order valence-electron chi connectivity index (χ2n) is 28.5. The van der Waals surface area contributed by atoms with Crippen LogP contribution in [0.3, 0.4) is 0 Å². The van der Waals surface area contributed by atoms with Crippen molar-refractivity contribution in [2.45, 2.75) is 209 Å². The van der Waals surface area contributed by atoms with Crippen molar-refractivity contribution in [3.05, 3.63) is 154 Å². The fourth-order valence-electron chi connectivity index (χ4n) is 8.97. The van der Waals surface area contributed by atoms with Crippen LogP contribution in [0, 0.1) is 0 Å². The molecule has 0 aliphatic rings. The molecule has 0 fully saturated rings. The summed E-state index contributed by atoms with van der Waals surface area (Å²) in [5, 5.41) is 0. The highest BCUT2D eigenvalue weighted by Crippen LogP contribution is 2.57. The van der Waals surface area contributed by atoms with Gasteiger partial charge in [-0.15, -0.1) is 0 Å². The van der Waals surface area contributed by atoms with Crippen molar-refractivity contribution >= 4 is 0 Å². The largest absolute Gasteiger partial charge is 0.456 e. The molecule has 0 atom stereocenters. The van der Waals surface area contributed by atoms with Crippen molar-refractivity contribution in [1.29, 1.82) is 0 Å². The molecule has 0 radical (unpaired) electrons. The first-order chi connectivity index (χ1) is 32.7. The summed E-state index contributed by atoms with van der Waals surface area (Å²) in [6, 6.07) is 39.1. The van der Waals surface area contributed by atoms with Gasteiger partial charge in [0, 0.05) is 28.3 Å². The average molecular weight is 971 g/mol. The van der Waals surface area contributed by atoms with E-state index >= 15 is 0 Å². The van der Waals surface area contributed by atoms with E-state index in [-0.39, 0.29) is 43.3 Å². The highest BCUT2D eigenvalue weighted by molar-refractivity contribution is 5.84. The lowest BCUT2D eigenvalue weighted by atomic mass is 9.80. The number of rotatable bonds is 9. The number of ether oxygens (including phenoxy) is 4. The van der Waals surface area contributed by atoms with Crippen molar-refractivity contribution in [1.82, 2.24) is 0 Å². The third-order valence-corrected chi connectivity index (χ3v) is 13.7. The minimum Gasteiger partial charge on any atom is -0.456 e. The predicted octanol–water partition coefficient (Wildman–Crippen LogP) is 20.9. The van der Waals surface area contributed by atoms with Crippen molar-refractivity contribution in [3.8, 4) is 57.1 Å². The van der Waals surface area contributed by atoms with Crippen LogP contribution >= 0.6 is 0 Å². The Morgan fingerprint density at radius 1 is 0.236 bits per heavy atom. The molecule has 0 aliphatic carbocycles. The van der Waals surface area contributed by atoms with Crippen LogP contribution in [0.5, 0.6) is 46.0 Å². The van der Waals surface area contributed by atoms with Crippen LogP contribution in [-0.4, -0.2) is 0 Å². The number of hydrogen-bond donors (Lipinski definition) is 0. The van der Waals surface area contributed by atoms with Crippen molar-refractivity contribution in [2.24, 2.45) is 0 Å². The maximum absolute atomic E-state index is 7.69. The minimum atomic E-state index is -0.285. The first-order valence-corrected chi connectivity index (χ1v) is 26.3. The molecule has 72 heavy (non-hydrogen) atoms. The van der Waals surface area contributed by atoms with E-state index in [1.807, 2.05) is 12.1 Å². The SMILES string of the molecule is CC(C)(C)c1ccc(Oc2cc(Oc3ccc(C(C)(C)C)cc3C(C)(C)C)c(-c3ccccc3)c(Oc3ccc(C(C)(C)C)cc3C(C)(C)C)c2Oc2ccc(C(C)(C)C)cc2C(C)(C)C)c(C(C)(C)C)c1. The van der Waals surface area contributed by atoms with Gasteiger partial charge in [0.25, 0.3) is 0 Å². The molecule has 0 amide bonds.